The van der Waals surface area contributed by atoms with Crippen LogP contribution in [0.2, 0.25) is 0 Å². The van der Waals surface area contributed by atoms with Crippen molar-refractivity contribution in [2.24, 2.45) is 4.99 Å². The van der Waals surface area contributed by atoms with Crippen LogP contribution in [0.4, 0.5) is 0 Å². The van der Waals surface area contributed by atoms with Crippen molar-refractivity contribution in [2.75, 3.05) is 13.7 Å². The highest BCUT2D eigenvalue weighted by Gasteiger charge is 1.80. The minimum Gasteiger partial charge on any atom is -0.484 e. The first-order chi connectivity index (χ1) is 3.81. The van der Waals surface area contributed by atoms with Gasteiger partial charge in [0, 0.05) is 6.92 Å². The number of nitrogens with zero attached hydrogens (tertiary/aromatic N) is 2. The predicted octanol–water partition coefficient (Wildman–Crippen LogP) is 0.575. The third-order valence-corrected chi connectivity index (χ3v) is 0.668. The summed E-state index contributed by atoms with van der Waals surface area (Å²) in [6.07, 6.45) is 0. The van der Waals surface area contributed by atoms with Gasteiger partial charge in [-0.25, -0.2) is 4.99 Å². The van der Waals surface area contributed by atoms with Crippen LogP contribution in [0.5, 0.6) is 0 Å². The molecule has 0 aromatic heterocycles. The highest BCUT2D eigenvalue weighted by atomic mass is 16.5. The Kier molecular flexibility index (Phi) is 3.59. The van der Waals surface area contributed by atoms with E-state index in [9.17, 15) is 0 Å². The fourth-order valence-electron chi connectivity index (χ4n) is 0.211. The molecule has 0 radical (unpaired) electrons. The molecule has 0 saturated carbocycles. The zero-order chi connectivity index (χ0) is 6.41. The van der Waals surface area contributed by atoms with Crippen LogP contribution in [0.15, 0.2) is 4.99 Å². The quantitative estimate of drug-likeness (QED) is 0.283. The van der Waals surface area contributed by atoms with Gasteiger partial charge < -0.3 is 4.74 Å². The third-order valence-electron chi connectivity index (χ3n) is 0.668. The van der Waals surface area contributed by atoms with E-state index < -0.39 is 0 Å². The number of nitriles is 1. The number of aliphatic imine (C=N–C) groups is 1. The number of rotatable bonds is 1. The molecule has 0 aliphatic carbocycles. The summed E-state index contributed by atoms with van der Waals surface area (Å²) in [4.78, 5) is 3.69. The summed E-state index contributed by atoms with van der Waals surface area (Å²) in [5.74, 6) is 0.548. The molecule has 0 aromatic carbocycles. The van der Waals surface area contributed by atoms with Crippen molar-refractivity contribution in [2.45, 2.75) is 6.92 Å². The first kappa shape index (κ1) is 6.96. The molecule has 3 nitrogen and oxygen atoms in total. The zero-order valence-electron chi connectivity index (χ0n) is 5.01. The Labute approximate surface area is 48.6 Å². The molecule has 0 aliphatic rings. The van der Waals surface area contributed by atoms with Crippen LogP contribution in [0, 0.1) is 11.3 Å². The number of hydrogen-bond donors (Lipinski definition) is 0. The van der Waals surface area contributed by atoms with Crippen LogP contribution in [0.1, 0.15) is 6.92 Å². The molecule has 0 spiro atoms. The molecule has 0 aliphatic heterocycles. The summed E-state index contributed by atoms with van der Waals surface area (Å²) in [6, 6.07) is 1.87. The summed E-state index contributed by atoms with van der Waals surface area (Å²) < 4.78 is 4.65. The molecule has 0 unspecified atom stereocenters. The molecular formula is C5H8N2O. The molecule has 8 heavy (non-hydrogen) atoms. The smallest absolute Gasteiger partial charge is 0.180 e. The molecule has 0 N–H and O–H groups in total. The predicted molar refractivity (Wildman–Crippen MR) is 30.6 cm³/mol. The summed E-state index contributed by atoms with van der Waals surface area (Å²) in [5, 5.41) is 8.00. The fraction of sp³-hybridized carbons (Fsp3) is 0.600. The van der Waals surface area contributed by atoms with Crippen molar-refractivity contribution in [3.63, 3.8) is 0 Å². The van der Waals surface area contributed by atoms with E-state index in [-0.39, 0.29) is 6.54 Å². The second-order valence-corrected chi connectivity index (χ2v) is 1.20. The van der Waals surface area contributed by atoms with E-state index in [0.29, 0.717) is 5.90 Å². The van der Waals surface area contributed by atoms with Crippen LogP contribution in [0.25, 0.3) is 0 Å². The van der Waals surface area contributed by atoms with E-state index in [1.165, 1.54) is 7.11 Å². The monoisotopic (exact) mass is 112 g/mol. The maximum absolute atomic E-state index is 8.00. The third kappa shape index (κ3) is 3.16. The van der Waals surface area contributed by atoms with Gasteiger partial charge in [0.05, 0.1) is 13.2 Å². The Morgan fingerprint density at radius 1 is 1.88 bits per heavy atom. The van der Waals surface area contributed by atoms with Crippen LogP contribution in [-0.2, 0) is 4.74 Å². The van der Waals surface area contributed by atoms with Gasteiger partial charge in [-0.2, -0.15) is 5.26 Å². The molecule has 0 rings (SSSR count). The van der Waals surface area contributed by atoms with Crippen molar-refractivity contribution in [3.05, 3.63) is 0 Å². The first-order valence-electron chi connectivity index (χ1n) is 2.23. The van der Waals surface area contributed by atoms with E-state index in [1.54, 1.807) is 6.92 Å². The molecule has 0 saturated heterocycles. The lowest BCUT2D eigenvalue weighted by Crippen LogP contribution is -1.93. The Balaban J connectivity index is 3.45. The second kappa shape index (κ2) is 4.13. The van der Waals surface area contributed by atoms with Gasteiger partial charge in [0.2, 0.25) is 0 Å². The molecular weight excluding hydrogens is 104 g/mol. The van der Waals surface area contributed by atoms with Crippen LogP contribution in [0.3, 0.4) is 0 Å². The summed E-state index contributed by atoms with van der Waals surface area (Å²) >= 11 is 0. The van der Waals surface area contributed by atoms with Crippen LogP contribution < -0.4 is 0 Å². The number of methoxy groups -OCH3 is 1. The fourth-order valence-corrected chi connectivity index (χ4v) is 0.211. The summed E-state index contributed by atoms with van der Waals surface area (Å²) in [5.41, 5.74) is 0. The van der Waals surface area contributed by atoms with Gasteiger partial charge in [-0.05, 0) is 0 Å². The molecule has 0 bridgehead atoms. The first-order valence-corrected chi connectivity index (χ1v) is 2.23. The Morgan fingerprint density at radius 3 is 2.88 bits per heavy atom. The van der Waals surface area contributed by atoms with Crippen LogP contribution >= 0.6 is 0 Å². The molecule has 0 atom stereocenters. The average molecular weight is 112 g/mol. The second-order valence-electron chi connectivity index (χ2n) is 1.20. The van der Waals surface area contributed by atoms with Crippen molar-refractivity contribution >= 4 is 5.90 Å². The maximum atomic E-state index is 8.00. The van der Waals surface area contributed by atoms with Gasteiger partial charge in [-0.15, -0.1) is 0 Å². The lowest BCUT2D eigenvalue weighted by molar-refractivity contribution is 0.398. The minimum atomic E-state index is 0.180. The minimum absolute atomic E-state index is 0.180. The highest BCUT2D eigenvalue weighted by molar-refractivity contribution is 5.72. The molecule has 0 aromatic rings. The Hall–Kier alpha value is -1.04. The van der Waals surface area contributed by atoms with Crippen molar-refractivity contribution in [3.8, 4) is 6.07 Å². The number of hydrogen-bond acceptors (Lipinski definition) is 3. The van der Waals surface area contributed by atoms with Gasteiger partial charge >= 0.3 is 0 Å². The summed E-state index contributed by atoms with van der Waals surface area (Å²) in [6.45, 7) is 1.89. The topological polar surface area (TPSA) is 45.4 Å². The van der Waals surface area contributed by atoms with Gasteiger partial charge in [-0.3, -0.25) is 0 Å². The van der Waals surface area contributed by atoms with Crippen molar-refractivity contribution in [1.29, 1.82) is 5.26 Å². The average Bonchev–Trinajstić information content (AvgIpc) is 1.83. The normalized spacial score (nSPS) is 10.4. The maximum Gasteiger partial charge on any atom is 0.180 e. The highest BCUT2D eigenvalue weighted by Crippen LogP contribution is 1.75. The van der Waals surface area contributed by atoms with Crippen molar-refractivity contribution < 1.29 is 4.74 Å². The van der Waals surface area contributed by atoms with E-state index in [1.807, 2.05) is 6.07 Å². The molecule has 44 valence electrons. The van der Waals surface area contributed by atoms with Gasteiger partial charge in [0.1, 0.15) is 6.54 Å². The zero-order valence-corrected chi connectivity index (χ0v) is 5.01. The lowest BCUT2D eigenvalue weighted by atomic mass is 10.7. The van der Waals surface area contributed by atoms with Gasteiger partial charge in [0.15, 0.2) is 5.90 Å². The molecule has 0 heterocycles. The van der Waals surface area contributed by atoms with Crippen molar-refractivity contribution in [1.82, 2.24) is 0 Å². The Morgan fingerprint density at radius 2 is 2.50 bits per heavy atom. The van der Waals surface area contributed by atoms with E-state index in [4.69, 9.17) is 5.26 Å². The van der Waals surface area contributed by atoms with E-state index >= 15 is 0 Å². The number of ether oxygens (including phenoxy) is 1. The largest absolute Gasteiger partial charge is 0.484 e. The van der Waals surface area contributed by atoms with Gasteiger partial charge in [-0.1, -0.05) is 0 Å². The van der Waals surface area contributed by atoms with Crippen LogP contribution in [-0.4, -0.2) is 19.6 Å². The lowest BCUT2D eigenvalue weighted by Gasteiger charge is -1.91. The molecule has 3 heteroatoms. The molecule has 0 amide bonds. The van der Waals surface area contributed by atoms with E-state index in [2.05, 4.69) is 9.73 Å². The summed E-state index contributed by atoms with van der Waals surface area (Å²) in [7, 11) is 1.52. The van der Waals surface area contributed by atoms with E-state index in [0.717, 1.165) is 0 Å². The standard InChI is InChI=1S/C5H8N2O/c1-5(8-2)7-4-3-6/h4H2,1-2H3. The van der Waals surface area contributed by atoms with Gasteiger partial charge in [0.25, 0.3) is 0 Å². The molecule has 0 fully saturated rings. The Bertz CT molecular complexity index is 123. The SMILES string of the molecule is COC(C)=NCC#N.